The van der Waals surface area contributed by atoms with Crippen LogP contribution in [-0.4, -0.2) is 36.2 Å². The second-order valence-electron chi connectivity index (χ2n) is 6.85. The van der Waals surface area contributed by atoms with Crippen LogP contribution in [0.2, 0.25) is 5.02 Å². The number of likely N-dealkylation sites (N-methyl/N-ethyl adjacent to an activating group) is 1. The molecule has 0 aromatic heterocycles. The molecule has 21 heavy (non-hydrogen) atoms. The molecule has 0 heterocycles. The molecule has 1 aromatic carbocycles. The third-order valence-corrected chi connectivity index (χ3v) is 5.62. The summed E-state index contributed by atoms with van der Waals surface area (Å²) >= 11 is 6.32. The molecule has 1 atom stereocenters. The van der Waals surface area contributed by atoms with Gasteiger partial charge in [-0.15, -0.1) is 12.4 Å². The molecular weight excluding hydrogens is 305 g/mol. The molecule has 1 N–H and O–H groups in total. The Labute approximate surface area is 138 Å². The third-order valence-electron chi connectivity index (χ3n) is 5.27. The first-order chi connectivity index (χ1) is 9.48. The summed E-state index contributed by atoms with van der Waals surface area (Å²) in [5, 5.41) is 12.2. The van der Waals surface area contributed by atoms with Crippen LogP contribution in [0.15, 0.2) is 18.2 Å². The quantitative estimate of drug-likeness (QED) is 0.911. The van der Waals surface area contributed by atoms with E-state index in [1.165, 1.54) is 17.5 Å². The lowest BCUT2D eigenvalue weighted by Gasteiger charge is -2.57. The second kappa shape index (κ2) is 6.08. The average molecular weight is 330 g/mol. The standard InChI is InChI=1S/C17H24ClNO.ClH/c1-19(2)12-16(17(20)9-4-3-5-10-17)11-13-14(16)7-6-8-15(13)18;/h6-8,20H,3-5,9-12H2,1-2H3;1H. The van der Waals surface area contributed by atoms with Crippen molar-refractivity contribution in [2.24, 2.45) is 0 Å². The fraction of sp³-hybridized carbons (Fsp3) is 0.647. The van der Waals surface area contributed by atoms with Crippen molar-refractivity contribution in [2.45, 2.75) is 49.5 Å². The first-order valence-electron chi connectivity index (χ1n) is 7.64. The number of fused-ring (bicyclic) bond motifs is 1. The maximum atomic E-state index is 11.4. The molecule has 0 saturated heterocycles. The summed E-state index contributed by atoms with van der Waals surface area (Å²) < 4.78 is 0. The van der Waals surface area contributed by atoms with Crippen molar-refractivity contribution in [3.63, 3.8) is 0 Å². The molecule has 1 saturated carbocycles. The van der Waals surface area contributed by atoms with E-state index in [0.717, 1.165) is 43.7 Å². The van der Waals surface area contributed by atoms with E-state index >= 15 is 0 Å². The van der Waals surface area contributed by atoms with Gasteiger partial charge in [0.05, 0.1) is 5.60 Å². The Hall–Kier alpha value is -0.280. The number of hydrogen-bond donors (Lipinski definition) is 1. The van der Waals surface area contributed by atoms with Gasteiger partial charge in [0.1, 0.15) is 0 Å². The van der Waals surface area contributed by atoms with E-state index in [4.69, 9.17) is 11.6 Å². The molecule has 3 rings (SSSR count). The van der Waals surface area contributed by atoms with Crippen molar-refractivity contribution in [2.75, 3.05) is 20.6 Å². The highest BCUT2D eigenvalue weighted by Gasteiger charge is 2.57. The molecule has 4 heteroatoms. The minimum Gasteiger partial charge on any atom is -0.389 e. The Kier molecular flexibility index (Phi) is 4.94. The third kappa shape index (κ3) is 2.61. The van der Waals surface area contributed by atoms with Crippen molar-refractivity contribution in [3.05, 3.63) is 34.3 Å². The van der Waals surface area contributed by atoms with Crippen LogP contribution >= 0.6 is 24.0 Å². The fourth-order valence-corrected chi connectivity index (χ4v) is 4.58. The largest absolute Gasteiger partial charge is 0.389 e. The number of rotatable bonds is 3. The highest BCUT2D eigenvalue weighted by molar-refractivity contribution is 6.31. The number of benzene rings is 1. The van der Waals surface area contributed by atoms with Gasteiger partial charge in [0.2, 0.25) is 0 Å². The maximum Gasteiger partial charge on any atom is 0.0759 e. The predicted octanol–water partition coefficient (Wildman–Crippen LogP) is 3.81. The van der Waals surface area contributed by atoms with Crippen LogP contribution < -0.4 is 0 Å². The van der Waals surface area contributed by atoms with Gasteiger partial charge in [-0.05, 0) is 50.6 Å². The van der Waals surface area contributed by atoms with E-state index in [9.17, 15) is 5.11 Å². The van der Waals surface area contributed by atoms with Crippen LogP contribution in [0.3, 0.4) is 0 Å². The molecule has 1 fully saturated rings. The van der Waals surface area contributed by atoms with Gasteiger partial charge in [-0.25, -0.2) is 0 Å². The first-order valence-corrected chi connectivity index (χ1v) is 8.01. The summed E-state index contributed by atoms with van der Waals surface area (Å²) in [6.07, 6.45) is 6.29. The van der Waals surface area contributed by atoms with Gasteiger partial charge in [0.25, 0.3) is 0 Å². The van der Waals surface area contributed by atoms with Crippen LogP contribution in [0.5, 0.6) is 0 Å². The lowest BCUT2D eigenvalue weighted by atomic mass is 9.52. The molecule has 0 radical (unpaired) electrons. The van der Waals surface area contributed by atoms with E-state index in [0.29, 0.717) is 0 Å². The van der Waals surface area contributed by atoms with Gasteiger partial charge in [-0.1, -0.05) is 43.0 Å². The van der Waals surface area contributed by atoms with Gasteiger partial charge in [0, 0.05) is 17.0 Å². The van der Waals surface area contributed by atoms with Crippen molar-refractivity contribution >= 4 is 24.0 Å². The van der Waals surface area contributed by atoms with Crippen LogP contribution in [0.1, 0.15) is 43.2 Å². The second-order valence-corrected chi connectivity index (χ2v) is 7.26. The molecule has 2 aliphatic rings. The van der Waals surface area contributed by atoms with Gasteiger partial charge >= 0.3 is 0 Å². The zero-order valence-electron chi connectivity index (χ0n) is 12.9. The van der Waals surface area contributed by atoms with Gasteiger partial charge in [0.15, 0.2) is 0 Å². The zero-order valence-corrected chi connectivity index (χ0v) is 14.4. The summed E-state index contributed by atoms with van der Waals surface area (Å²) in [4.78, 5) is 2.20. The van der Waals surface area contributed by atoms with E-state index in [1.807, 2.05) is 12.1 Å². The van der Waals surface area contributed by atoms with Gasteiger partial charge in [-0.2, -0.15) is 0 Å². The smallest absolute Gasteiger partial charge is 0.0759 e. The molecule has 0 bridgehead atoms. The summed E-state index contributed by atoms with van der Waals surface area (Å²) in [6.45, 7) is 0.900. The molecule has 1 unspecified atom stereocenters. The van der Waals surface area contributed by atoms with Gasteiger partial charge in [-0.3, -0.25) is 0 Å². The number of hydrogen-bond acceptors (Lipinski definition) is 2. The lowest BCUT2D eigenvalue weighted by Crippen LogP contribution is -2.63. The summed E-state index contributed by atoms with van der Waals surface area (Å²) in [5.74, 6) is 0. The molecule has 0 spiro atoms. The van der Waals surface area contributed by atoms with Gasteiger partial charge < -0.3 is 10.0 Å². The maximum absolute atomic E-state index is 11.4. The first kappa shape index (κ1) is 17.1. The van der Waals surface area contributed by atoms with Crippen molar-refractivity contribution in [3.8, 4) is 0 Å². The lowest BCUT2D eigenvalue weighted by molar-refractivity contribution is -0.0869. The topological polar surface area (TPSA) is 23.5 Å². The SMILES string of the molecule is CN(C)CC1(C2(O)CCCCC2)Cc2c(Cl)cccc21.Cl. The van der Waals surface area contributed by atoms with Crippen LogP contribution in [0.25, 0.3) is 0 Å². The van der Waals surface area contributed by atoms with E-state index in [-0.39, 0.29) is 17.8 Å². The molecule has 0 amide bonds. The van der Waals surface area contributed by atoms with Crippen molar-refractivity contribution in [1.82, 2.24) is 4.90 Å². The number of aliphatic hydroxyl groups is 1. The van der Waals surface area contributed by atoms with Crippen LogP contribution in [-0.2, 0) is 11.8 Å². The molecule has 2 nitrogen and oxygen atoms in total. The van der Waals surface area contributed by atoms with Crippen LogP contribution in [0.4, 0.5) is 0 Å². The fourth-order valence-electron chi connectivity index (χ4n) is 4.34. The van der Waals surface area contributed by atoms with Crippen molar-refractivity contribution < 1.29 is 5.11 Å². The molecular formula is C17H25Cl2NO. The summed E-state index contributed by atoms with van der Waals surface area (Å²) in [6, 6.07) is 6.16. The Morgan fingerprint density at radius 3 is 2.48 bits per heavy atom. The van der Waals surface area contributed by atoms with Crippen LogP contribution in [0, 0.1) is 0 Å². The predicted molar refractivity (Wildman–Crippen MR) is 90.7 cm³/mol. The minimum absolute atomic E-state index is 0. The van der Waals surface area contributed by atoms with E-state index < -0.39 is 5.60 Å². The average Bonchev–Trinajstić information content (AvgIpc) is 2.38. The highest BCUT2D eigenvalue weighted by Crippen LogP contribution is 2.55. The number of halogens is 2. The molecule has 118 valence electrons. The van der Waals surface area contributed by atoms with Crippen molar-refractivity contribution in [1.29, 1.82) is 0 Å². The summed E-state index contributed by atoms with van der Waals surface area (Å²) in [5.41, 5.74) is 1.84. The monoisotopic (exact) mass is 329 g/mol. The number of nitrogens with zero attached hydrogens (tertiary/aromatic N) is 1. The molecule has 0 aliphatic heterocycles. The molecule has 2 aliphatic carbocycles. The Bertz CT molecular complexity index is 512. The Balaban J connectivity index is 0.00000161. The summed E-state index contributed by atoms with van der Waals surface area (Å²) in [7, 11) is 4.19. The normalized spacial score (nSPS) is 26.7. The minimum atomic E-state index is -0.562. The molecule has 1 aromatic rings. The Morgan fingerprint density at radius 2 is 1.86 bits per heavy atom. The van der Waals surface area contributed by atoms with E-state index in [1.54, 1.807) is 0 Å². The zero-order chi connectivity index (χ0) is 14.4. The Morgan fingerprint density at radius 1 is 1.19 bits per heavy atom. The van der Waals surface area contributed by atoms with E-state index in [2.05, 4.69) is 25.1 Å². The highest BCUT2D eigenvalue weighted by atomic mass is 35.5.